The molecule has 29 heavy (non-hydrogen) atoms. The molecule has 2 amide bonds. The van der Waals surface area contributed by atoms with Crippen LogP contribution < -0.4 is 20.5 Å². The summed E-state index contributed by atoms with van der Waals surface area (Å²) in [5, 5.41) is 13.8. The van der Waals surface area contributed by atoms with Gasteiger partial charge in [0.1, 0.15) is 11.6 Å². The Bertz CT molecular complexity index is 1060. The molecule has 1 aliphatic rings. The summed E-state index contributed by atoms with van der Waals surface area (Å²) in [4.78, 5) is 23.6. The van der Waals surface area contributed by atoms with E-state index in [9.17, 15) is 9.59 Å². The van der Waals surface area contributed by atoms with Gasteiger partial charge in [-0.1, -0.05) is 23.9 Å². The molecule has 0 saturated carbocycles. The molecule has 1 unspecified atom stereocenters. The zero-order valence-corrected chi connectivity index (χ0v) is 17.0. The minimum atomic E-state index is -0.580. The van der Waals surface area contributed by atoms with Gasteiger partial charge in [-0.2, -0.15) is 0 Å². The number of nitrogens with two attached hydrogens (primary N) is 1. The number of thiophene rings is 1. The molecule has 0 fully saturated rings. The Labute approximate surface area is 174 Å². The van der Waals surface area contributed by atoms with Gasteiger partial charge in [-0.25, -0.2) is 0 Å². The van der Waals surface area contributed by atoms with Gasteiger partial charge in [0.05, 0.1) is 11.3 Å². The maximum Gasteiger partial charge on any atom is 0.251 e. The van der Waals surface area contributed by atoms with Gasteiger partial charge in [0.15, 0.2) is 28.6 Å². The van der Waals surface area contributed by atoms with Gasteiger partial charge in [-0.15, -0.1) is 21.5 Å². The first-order chi connectivity index (χ1) is 14.0. The van der Waals surface area contributed by atoms with Crippen LogP contribution in [-0.2, 0) is 11.8 Å². The summed E-state index contributed by atoms with van der Waals surface area (Å²) in [5.74, 6) is 1.21. The van der Waals surface area contributed by atoms with E-state index in [1.165, 1.54) is 23.1 Å². The molecule has 0 bridgehead atoms. The predicted molar refractivity (Wildman–Crippen MR) is 108 cm³/mol. The lowest BCUT2D eigenvalue weighted by Crippen LogP contribution is -2.24. The van der Waals surface area contributed by atoms with Crippen LogP contribution in [0.1, 0.15) is 22.3 Å². The molecule has 3 heterocycles. The number of anilines is 1. The first-order valence-corrected chi connectivity index (χ1v) is 10.5. The Balaban J connectivity index is 1.38. The SMILES string of the molecule is Cn1c(SCC(=O)Nc2sccc2C(N)=O)nnc1C1COc2ccccc2O1. The Morgan fingerprint density at radius 2 is 2.10 bits per heavy atom. The highest BCUT2D eigenvalue weighted by molar-refractivity contribution is 7.99. The van der Waals surface area contributed by atoms with E-state index < -0.39 is 12.0 Å². The Kier molecular flexibility index (Phi) is 5.41. The monoisotopic (exact) mass is 431 g/mol. The van der Waals surface area contributed by atoms with Crippen LogP contribution in [0.2, 0.25) is 0 Å². The molecule has 2 aromatic heterocycles. The number of rotatable bonds is 6. The van der Waals surface area contributed by atoms with E-state index in [0.717, 1.165) is 0 Å². The fraction of sp³-hybridized carbons (Fsp3) is 0.222. The highest BCUT2D eigenvalue weighted by Crippen LogP contribution is 2.35. The quantitative estimate of drug-likeness (QED) is 0.574. The first kappa shape index (κ1) is 19.3. The summed E-state index contributed by atoms with van der Waals surface area (Å²) in [6.45, 7) is 0.322. The molecule has 1 atom stereocenters. The second kappa shape index (κ2) is 8.13. The topological polar surface area (TPSA) is 121 Å². The number of amides is 2. The lowest BCUT2D eigenvalue weighted by atomic mass is 10.2. The number of hydrogen-bond acceptors (Lipinski definition) is 8. The molecule has 0 spiro atoms. The Morgan fingerprint density at radius 1 is 1.31 bits per heavy atom. The molecule has 11 heteroatoms. The van der Waals surface area contributed by atoms with Crippen molar-refractivity contribution in [2.45, 2.75) is 11.3 Å². The number of primary amides is 1. The standard InChI is InChI=1S/C18H17N5O4S2/c1-23-16(13-8-26-11-4-2-3-5-12(11)27-13)21-22-18(23)29-9-14(24)20-17-10(15(19)25)6-7-28-17/h2-7,13H,8-9H2,1H3,(H2,19,25)(H,20,24). The number of benzene rings is 1. The number of nitrogens with zero attached hydrogens (tertiary/aromatic N) is 3. The fourth-order valence-corrected chi connectivity index (χ4v) is 4.30. The normalized spacial score (nSPS) is 15.1. The number of thioether (sulfide) groups is 1. The second-order valence-electron chi connectivity index (χ2n) is 6.13. The van der Waals surface area contributed by atoms with Crippen LogP contribution in [0.5, 0.6) is 11.5 Å². The number of fused-ring (bicyclic) bond motifs is 1. The largest absolute Gasteiger partial charge is 0.485 e. The number of carbonyl (C=O) groups excluding carboxylic acids is 2. The van der Waals surface area contributed by atoms with E-state index in [1.54, 1.807) is 16.0 Å². The maximum atomic E-state index is 12.2. The number of para-hydroxylation sites is 2. The molecule has 150 valence electrons. The van der Waals surface area contributed by atoms with Crippen LogP contribution in [0.25, 0.3) is 0 Å². The third kappa shape index (κ3) is 4.05. The van der Waals surface area contributed by atoms with E-state index in [0.29, 0.717) is 39.7 Å². The van der Waals surface area contributed by atoms with E-state index in [-0.39, 0.29) is 11.7 Å². The third-order valence-corrected chi connectivity index (χ3v) is 6.03. The molecule has 0 aliphatic carbocycles. The maximum absolute atomic E-state index is 12.2. The van der Waals surface area contributed by atoms with Gasteiger partial charge < -0.3 is 25.1 Å². The molecule has 3 N–H and O–H groups in total. The van der Waals surface area contributed by atoms with Crippen LogP contribution in [0.3, 0.4) is 0 Å². The van der Waals surface area contributed by atoms with E-state index in [4.69, 9.17) is 15.2 Å². The summed E-state index contributed by atoms with van der Waals surface area (Å²) in [5.41, 5.74) is 5.59. The van der Waals surface area contributed by atoms with Crippen molar-refractivity contribution >= 4 is 39.9 Å². The summed E-state index contributed by atoms with van der Waals surface area (Å²) in [7, 11) is 1.81. The Morgan fingerprint density at radius 3 is 2.90 bits per heavy atom. The highest BCUT2D eigenvalue weighted by Gasteiger charge is 2.27. The molecule has 1 aliphatic heterocycles. The molecule has 0 saturated heterocycles. The van der Waals surface area contributed by atoms with Gasteiger partial charge in [0.2, 0.25) is 5.91 Å². The predicted octanol–water partition coefficient (Wildman–Crippen LogP) is 2.22. The summed E-state index contributed by atoms with van der Waals surface area (Å²) in [6.07, 6.45) is -0.394. The third-order valence-electron chi connectivity index (χ3n) is 4.18. The summed E-state index contributed by atoms with van der Waals surface area (Å²) >= 11 is 2.47. The minimum absolute atomic E-state index is 0.104. The van der Waals surface area contributed by atoms with Crippen molar-refractivity contribution in [1.29, 1.82) is 0 Å². The van der Waals surface area contributed by atoms with Crippen LogP contribution >= 0.6 is 23.1 Å². The average Bonchev–Trinajstić information content (AvgIpc) is 3.32. The van der Waals surface area contributed by atoms with Crippen LogP contribution in [0, 0.1) is 0 Å². The summed E-state index contributed by atoms with van der Waals surface area (Å²) in [6, 6.07) is 9.02. The smallest absolute Gasteiger partial charge is 0.251 e. The van der Waals surface area contributed by atoms with Crippen molar-refractivity contribution in [2.75, 3.05) is 17.7 Å². The van der Waals surface area contributed by atoms with E-state index in [2.05, 4.69) is 15.5 Å². The molecule has 9 nitrogen and oxygen atoms in total. The van der Waals surface area contributed by atoms with Crippen LogP contribution in [0.4, 0.5) is 5.00 Å². The van der Waals surface area contributed by atoms with Gasteiger partial charge >= 0.3 is 0 Å². The molecular weight excluding hydrogens is 414 g/mol. The van der Waals surface area contributed by atoms with Crippen molar-refractivity contribution < 1.29 is 19.1 Å². The number of carbonyl (C=O) groups is 2. The van der Waals surface area contributed by atoms with Crippen LogP contribution in [0.15, 0.2) is 40.9 Å². The van der Waals surface area contributed by atoms with Crippen LogP contribution in [-0.4, -0.2) is 38.9 Å². The number of aromatic nitrogens is 3. The lowest BCUT2D eigenvalue weighted by molar-refractivity contribution is -0.113. The van der Waals surface area contributed by atoms with Gasteiger partial charge in [-0.05, 0) is 23.6 Å². The van der Waals surface area contributed by atoms with Crippen molar-refractivity contribution in [2.24, 2.45) is 12.8 Å². The average molecular weight is 431 g/mol. The highest BCUT2D eigenvalue weighted by atomic mass is 32.2. The zero-order valence-electron chi connectivity index (χ0n) is 15.3. The summed E-state index contributed by atoms with van der Waals surface area (Å²) < 4.78 is 13.5. The number of ether oxygens (including phenoxy) is 2. The van der Waals surface area contributed by atoms with E-state index >= 15 is 0 Å². The number of nitrogens with one attached hydrogen (secondary N) is 1. The molecular formula is C18H17N5O4S2. The first-order valence-electron chi connectivity index (χ1n) is 8.60. The molecule has 4 rings (SSSR count). The minimum Gasteiger partial charge on any atom is -0.485 e. The molecule has 1 aromatic carbocycles. The second-order valence-corrected chi connectivity index (χ2v) is 7.99. The van der Waals surface area contributed by atoms with E-state index in [1.807, 2.05) is 31.3 Å². The fourth-order valence-electron chi connectivity index (χ4n) is 2.77. The zero-order chi connectivity index (χ0) is 20.4. The van der Waals surface area contributed by atoms with Crippen molar-refractivity contribution in [3.8, 4) is 11.5 Å². The van der Waals surface area contributed by atoms with Gasteiger partial charge in [0, 0.05) is 7.05 Å². The van der Waals surface area contributed by atoms with Gasteiger partial charge in [0.25, 0.3) is 5.91 Å². The number of hydrogen-bond donors (Lipinski definition) is 2. The Hall–Kier alpha value is -3.05. The van der Waals surface area contributed by atoms with Gasteiger partial charge in [-0.3, -0.25) is 9.59 Å². The molecule has 3 aromatic rings. The lowest BCUT2D eigenvalue weighted by Gasteiger charge is -2.25. The van der Waals surface area contributed by atoms with Crippen molar-refractivity contribution in [3.63, 3.8) is 0 Å². The van der Waals surface area contributed by atoms with Crippen molar-refractivity contribution in [3.05, 3.63) is 47.1 Å². The van der Waals surface area contributed by atoms with Crippen molar-refractivity contribution in [1.82, 2.24) is 14.8 Å². The molecule has 0 radical (unpaired) electrons.